The molecule has 7 heteroatoms. The van der Waals surface area contributed by atoms with Crippen molar-refractivity contribution in [2.75, 3.05) is 27.2 Å². The monoisotopic (exact) mass is 361 g/mol. The summed E-state index contributed by atoms with van der Waals surface area (Å²) in [6.45, 7) is 1.10. The molecule has 3 heterocycles. The molecule has 3 rings (SSSR count). The van der Waals surface area contributed by atoms with Crippen LogP contribution in [0, 0.1) is 0 Å². The Bertz CT molecular complexity index is 697. The number of furan rings is 1. The molecule has 2 aromatic rings. The number of carbonyl (C=O) groups excluding carboxylic acids is 2. The Labute approximate surface area is 151 Å². The first-order valence-electron chi connectivity index (χ1n) is 8.40. The number of amides is 2. The number of carbonyl (C=O) groups is 2. The summed E-state index contributed by atoms with van der Waals surface area (Å²) in [6.07, 6.45) is 2.98. The molecule has 2 unspecified atom stereocenters. The van der Waals surface area contributed by atoms with Gasteiger partial charge in [-0.3, -0.25) is 9.59 Å². The summed E-state index contributed by atoms with van der Waals surface area (Å²) in [7, 11) is 4.00. The topological polar surface area (TPSA) is 65.8 Å². The molecular formula is C18H23N3O3S. The smallest absolute Gasteiger partial charge is 0.290 e. The van der Waals surface area contributed by atoms with E-state index in [-0.39, 0.29) is 23.6 Å². The van der Waals surface area contributed by atoms with E-state index in [0.717, 1.165) is 6.42 Å². The van der Waals surface area contributed by atoms with Gasteiger partial charge in [0, 0.05) is 18.0 Å². The SMILES string of the molecule is CN(C)C(CNC(=O)C1CCCN1C(=O)c1ccco1)c1cccs1. The summed E-state index contributed by atoms with van der Waals surface area (Å²) in [5.41, 5.74) is 0. The number of hydrogen-bond acceptors (Lipinski definition) is 5. The number of nitrogens with zero attached hydrogens (tertiary/aromatic N) is 2. The molecule has 2 aromatic heterocycles. The van der Waals surface area contributed by atoms with Crippen molar-refractivity contribution in [3.05, 3.63) is 46.5 Å². The number of hydrogen-bond donors (Lipinski definition) is 1. The zero-order valence-corrected chi connectivity index (χ0v) is 15.3. The summed E-state index contributed by atoms with van der Waals surface area (Å²) in [6, 6.07) is 7.10. The Hall–Kier alpha value is -2.12. The first-order valence-corrected chi connectivity index (χ1v) is 9.28. The molecule has 1 aliphatic rings. The van der Waals surface area contributed by atoms with E-state index in [1.807, 2.05) is 25.5 Å². The highest BCUT2D eigenvalue weighted by Crippen LogP contribution is 2.24. The largest absolute Gasteiger partial charge is 0.459 e. The van der Waals surface area contributed by atoms with Gasteiger partial charge in [0.05, 0.1) is 12.3 Å². The molecule has 0 saturated carbocycles. The first kappa shape index (κ1) is 17.7. The van der Waals surface area contributed by atoms with Crippen LogP contribution in [0.25, 0.3) is 0 Å². The van der Waals surface area contributed by atoms with Crippen LogP contribution in [0.4, 0.5) is 0 Å². The zero-order valence-electron chi connectivity index (χ0n) is 14.5. The van der Waals surface area contributed by atoms with Crippen LogP contribution in [-0.4, -0.2) is 54.8 Å². The van der Waals surface area contributed by atoms with Gasteiger partial charge in [-0.1, -0.05) is 6.07 Å². The number of likely N-dealkylation sites (tertiary alicyclic amines) is 1. The van der Waals surface area contributed by atoms with E-state index < -0.39 is 6.04 Å². The normalized spacial score (nSPS) is 18.5. The van der Waals surface area contributed by atoms with E-state index in [0.29, 0.717) is 19.5 Å². The minimum absolute atomic E-state index is 0.0965. The van der Waals surface area contributed by atoms with Crippen LogP contribution in [-0.2, 0) is 4.79 Å². The fourth-order valence-electron chi connectivity index (χ4n) is 3.16. The fourth-order valence-corrected chi connectivity index (χ4v) is 4.08. The standard InChI is InChI=1S/C18H23N3O3S/c1-20(2)14(16-8-5-11-25-16)12-19-17(22)13-6-3-9-21(13)18(23)15-7-4-10-24-15/h4-5,7-8,10-11,13-14H,3,6,9,12H2,1-2H3,(H,19,22). The molecule has 2 amide bonds. The molecule has 0 spiro atoms. The van der Waals surface area contributed by atoms with Crippen LogP contribution in [0.5, 0.6) is 0 Å². The van der Waals surface area contributed by atoms with Gasteiger partial charge in [0.1, 0.15) is 6.04 Å². The summed E-state index contributed by atoms with van der Waals surface area (Å²) in [5, 5.41) is 5.06. The van der Waals surface area contributed by atoms with Crippen molar-refractivity contribution in [1.82, 2.24) is 15.1 Å². The van der Waals surface area contributed by atoms with Gasteiger partial charge >= 0.3 is 0 Å². The fraction of sp³-hybridized carbons (Fsp3) is 0.444. The molecular weight excluding hydrogens is 338 g/mol. The molecule has 2 atom stereocenters. The Morgan fingerprint density at radius 2 is 2.24 bits per heavy atom. The summed E-state index contributed by atoms with van der Waals surface area (Å²) < 4.78 is 5.19. The van der Waals surface area contributed by atoms with Crippen LogP contribution >= 0.6 is 11.3 Å². The van der Waals surface area contributed by atoms with Crippen molar-refractivity contribution in [2.24, 2.45) is 0 Å². The minimum atomic E-state index is -0.427. The predicted molar refractivity (Wildman–Crippen MR) is 96.5 cm³/mol. The lowest BCUT2D eigenvalue weighted by Gasteiger charge is -2.26. The second-order valence-electron chi connectivity index (χ2n) is 6.37. The van der Waals surface area contributed by atoms with Crippen LogP contribution in [0.3, 0.4) is 0 Å². The molecule has 1 saturated heterocycles. The third-order valence-electron chi connectivity index (χ3n) is 4.51. The highest BCUT2D eigenvalue weighted by Gasteiger charge is 2.35. The number of thiophene rings is 1. The van der Waals surface area contributed by atoms with E-state index in [1.165, 1.54) is 11.1 Å². The number of rotatable bonds is 6. The highest BCUT2D eigenvalue weighted by molar-refractivity contribution is 7.10. The van der Waals surface area contributed by atoms with Crippen LogP contribution in [0.15, 0.2) is 40.3 Å². The van der Waals surface area contributed by atoms with E-state index in [9.17, 15) is 9.59 Å². The van der Waals surface area contributed by atoms with Gasteiger partial charge in [0.2, 0.25) is 5.91 Å². The molecule has 1 aliphatic heterocycles. The Balaban J connectivity index is 1.63. The van der Waals surface area contributed by atoms with Gasteiger partial charge < -0.3 is 19.5 Å². The third kappa shape index (κ3) is 3.93. The quantitative estimate of drug-likeness (QED) is 0.858. The van der Waals surface area contributed by atoms with Crippen LogP contribution < -0.4 is 5.32 Å². The average Bonchev–Trinajstić information content (AvgIpc) is 3.34. The molecule has 0 aliphatic carbocycles. The minimum Gasteiger partial charge on any atom is -0.459 e. The van der Waals surface area contributed by atoms with Crippen molar-refractivity contribution in [1.29, 1.82) is 0 Å². The lowest BCUT2D eigenvalue weighted by atomic mass is 10.1. The molecule has 6 nitrogen and oxygen atoms in total. The second kappa shape index (κ2) is 7.84. The van der Waals surface area contributed by atoms with Gasteiger partial charge in [-0.05, 0) is 50.5 Å². The molecule has 134 valence electrons. The maximum atomic E-state index is 12.7. The lowest BCUT2D eigenvalue weighted by molar-refractivity contribution is -0.125. The Morgan fingerprint density at radius 1 is 1.40 bits per heavy atom. The van der Waals surface area contributed by atoms with Crippen LogP contribution in [0.2, 0.25) is 0 Å². The van der Waals surface area contributed by atoms with E-state index in [1.54, 1.807) is 28.4 Å². The molecule has 25 heavy (non-hydrogen) atoms. The van der Waals surface area contributed by atoms with E-state index >= 15 is 0 Å². The van der Waals surface area contributed by atoms with Crippen LogP contribution in [0.1, 0.15) is 34.3 Å². The summed E-state index contributed by atoms with van der Waals surface area (Å²) in [4.78, 5) is 30.1. The Morgan fingerprint density at radius 3 is 2.88 bits per heavy atom. The van der Waals surface area contributed by atoms with Crippen molar-refractivity contribution in [3.8, 4) is 0 Å². The summed E-state index contributed by atoms with van der Waals surface area (Å²) in [5.74, 6) is -0.0321. The highest BCUT2D eigenvalue weighted by atomic mass is 32.1. The number of nitrogens with one attached hydrogen (secondary N) is 1. The van der Waals surface area contributed by atoms with Crippen molar-refractivity contribution in [3.63, 3.8) is 0 Å². The Kier molecular flexibility index (Phi) is 5.55. The van der Waals surface area contributed by atoms with Gasteiger partial charge in [-0.2, -0.15) is 0 Å². The molecule has 0 bridgehead atoms. The van der Waals surface area contributed by atoms with Gasteiger partial charge in [0.25, 0.3) is 5.91 Å². The average molecular weight is 361 g/mol. The summed E-state index contributed by atoms with van der Waals surface area (Å²) >= 11 is 1.68. The maximum Gasteiger partial charge on any atom is 0.290 e. The van der Waals surface area contributed by atoms with Gasteiger partial charge in [-0.25, -0.2) is 0 Å². The van der Waals surface area contributed by atoms with E-state index in [2.05, 4.69) is 16.3 Å². The molecule has 1 N–H and O–H groups in total. The van der Waals surface area contributed by atoms with Gasteiger partial charge in [-0.15, -0.1) is 11.3 Å². The zero-order chi connectivity index (χ0) is 17.8. The van der Waals surface area contributed by atoms with Crippen molar-refractivity contribution < 1.29 is 14.0 Å². The molecule has 0 aromatic carbocycles. The number of likely N-dealkylation sites (N-methyl/N-ethyl adjacent to an activating group) is 1. The van der Waals surface area contributed by atoms with Gasteiger partial charge in [0.15, 0.2) is 5.76 Å². The predicted octanol–water partition coefficient (Wildman–Crippen LogP) is 2.36. The maximum absolute atomic E-state index is 12.7. The van der Waals surface area contributed by atoms with E-state index in [4.69, 9.17) is 4.42 Å². The molecule has 1 fully saturated rings. The van der Waals surface area contributed by atoms with Crippen molar-refractivity contribution in [2.45, 2.75) is 24.9 Å². The second-order valence-corrected chi connectivity index (χ2v) is 7.35. The van der Waals surface area contributed by atoms with Crippen molar-refractivity contribution >= 4 is 23.2 Å². The first-order chi connectivity index (χ1) is 12.1. The third-order valence-corrected chi connectivity index (χ3v) is 5.49. The molecule has 0 radical (unpaired) electrons. The lowest BCUT2D eigenvalue weighted by Crippen LogP contribution is -2.47.